The highest BCUT2D eigenvalue weighted by Gasteiger charge is 2.32. The summed E-state index contributed by atoms with van der Waals surface area (Å²) >= 11 is 6.13. The third-order valence-corrected chi connectivity index (χ3v) is 6.44. The first-order valence-electron chi connectivity index (χ1n) is 10.6. The van der Waals surface area contributed by atoms with Crippen molar-refractivity contribution < 1.29 is 9.13 Å². The van der Waals surface area contributed by atoms with Crippen LogP contribution in [0.25, 0.3) is 4.85 Å². The average Bonchev–Trinajstić information content (AvgIpc) is 2.84. The van der Waals surface area contributed by atoms with E-state index in [2.05, 4.69) is 21.6 Å². The Hall–Kier alpha value is -3.07. The number of rotatable bonds is 5. The van der Waals surface area contributed by atoms with Crippen LogP contribution in [0.4, 0.5) is 15.8 Å². The van der Waals surface area contributed by atoms with Crippen molar-refractivity contribution in [1.29, 1.82) is 0 Å². The van der Waals surface area contributed by atoms with Gasteiger partial charge < -0.3 is 9.64 Å². The molecule has 1 aliphatic rings. The SMILES string of the molecule is [C-]#[N+]c1ccc([C@@H](C)N2CCN(c3ccc(OC)cc3F)[C@H](c3ccc(Cl)cc3)C2)cc1. The summed E-state index contributed by atoms with van der Waals surface area (Å²) in [5.41, 5.74) is 3.46. The molecule has 0 bridgehead atoms. The third-order valence-electron chi connectivity index (χ3n) is 6.18. The van der Waals surface area contributed by atoms with Gasteiger partial charge >= 0.3 is 0 Å². The zero-order valence-electron chi connectivity index (χ0n) is 18.1. The summed E-state index contributed by atoms with van der Waals surface area (Å²) < 4.78 is 20.2. The summed E-state index contributed by atoms with van der Waals surface area (Å²) in [4.78, 5) is 8.02. The molecule has 1 aliphatic heterocycles. The predicted octanol–water partition coefficient (Wildman–Crippen LogP) is 6.66. The topological polar surface area (TPSA) is 20.1 Å². The van der Waals surface area contributed by atoms with Crippen LogP contribution in [0.2, 0.25) is 5.02 Å². The molecule has 4 rings (SSSR count). The molecule has 32 heavy (non-hydrogen) atoms. The molecule has 0 spiro atoms. The Kier molecular flexibility index (Phi) is 6.64. The minimum Gasteiger partial charge on any atom is -0.497 e. The van der Waals surface area contributed by atoms with Crippen molar-refractivity contribution in [2.75, 3.05) is 31.6 Å². The fraction of sp³-hybridized carbons (Fsp3) is 0.269. The van der Waals surface area contributed by atoms with Crippen molar-refractivity contribution in [2.24, 2.45) is 0 Å². The van der Waals surface area contributed by atoms with Crippen molar-refractivity contribution in [1.82, 2.24) is 4.90 Å². The van der Waals surface area contributed by atoms with E-state index in [0.29, 0.717) is 28.7 Å². The molecule has 1 saturated heterocycles. The molecule has 0 unspecified atom stereocenters. The summed E-state index contributed by atoms with van der Waals surface area (Å²) in [6.45, 7) is 11.5. The Bertz CT molecular complexity index is 1110. The standard InChI is InChI=1S/C26H25ClFN3O/c1-18(19-6-10-22(29-2)11-7-19)30-14-15-31(25-13-12-23(32-3)16-24(25)28)26(17-30)20-4-8-21(27)9-5-20/h4-13,16,18,26H,14-15,17H2,1,3H3/t18-,26+/m1/s1. The van der Waals surface area contributed by atoms with Crippen molar-refractivity contribution in [3.05, 3.63) is 100 Å². The lowest BCUT2D eigenvalue weighted by atomic mass is 9.98. The summed E-state index contributed by atoms with van der Waals surface area (Å²) in [5.74, 6) is 0.212. The molecule has 1 heterocycles. The van der Waals surface area contributed by atoms with Gasteiger partial charge in [0, 0.05) is 36.8 Å². The summed E-state index contributed by atoms with van der Waals surface area (Å²) in [5, 5.41) is 0.678. The maximum Gasteiger partial charge on any atom is 0.187 e. The largest absolute Gasteiger partial charge is 0.497 e. The second-order valence-corrected chi connectivity index (χ2v) is 8.39. The quantitative estimate of drug-likeness (QED) is 0.406. The van der Waals surface area contributed by atoms with E-state index in [-0.39, 0.29) is 17.9 Å². The molecule has 2 atom stereocenters. The van der Waals surface area contributed by atoms with Crippen molar-refractivity contribution in [2.45, 2.75) is 19.0 Å². The molecule has 0 amide bonds. The lowest BCUT2D eigenvalue weighted by molar-refractivity contribution is 0.170. The molecule has 4 nitrogen and oxygen atoms in total. The van der Waals surface area contributed by atoms with Crippen LogP contribution < -0.4 is 9.64 Å². The monoisotopic (exact) mass is 449 g/mol. The summed E-state index contributed by atoms with van der Waals surface area (Å²) in [6.07, 6.45) is 0. The number of nitrogens with zero attached hydrogens (tertiary/aromatic N) is 3. The Morgan fingerprint density at radius 1 is 1.06 bits per heavy atom. The number of hydrogen-bond donors (Lipinski definition) is 0. The van der Waals surface area contributed by atoms with Gasteiger partial charge in [-0.05, 0) is 42.3 Å². The van der Waals surface area contributed by atoms with Crippen LogP contribution in [0.1, 0.15) is 30.1 Å². The molecule has 1 fully saturated rings. The van der Waals surface area contributed by atoms with Gasteiger partial charge in [0.25, 0.3) is 0 Å². The second kappa shape index (κ2) is 9.60. The first-order chi connectivity index (χ1) is 15.5. The average molecular weight is 450 g/mol. The number of hydrogen-bond acceptors (Lipinski definition) is 3. The van der Waals surface area contributed by atoms with Gasteiger partial charge in [-0.3, -0.25) is 4.90 Å². The van der Waals surface area contributed by atoms with Crippen LogP contribution in [0.5, 0.6) is 5.75 Å². The molecule has 3 aromatic rings. The van der Waals surface area contributed by atoms with Gasteiger partial charge in [0.2, 0.25) is 0 Å². The molecule has 0 aromatic heterocycles. The molecule has 6 heteroatoms. The second-order valence-electron chi connectivity index (χ2n) is 7.95. The number of halogens is 2. The van der Waals surface area contributed by atoms with E-state index in [9.17, 15) is 4.39 Å². The maximum atomic E-state index is 15.0. The van der Waals surface area contributed by atoms with Crippen LogP contribution >= 0.6 is 11.6 Å². The van der Waals surface area contributed by atoms with Crippen molar-refractivity contribution >= 4 is 23.0 Å². The molecule has 164 valence electrons. The highest BCUT2D eigenvalue weighted by molar-refractivity contribution is 6.30. The third kappa shape index (κ3) is 4.57. The normalized spacial score (nSPS) is 17.6. The fourth-order valence-corrected chi connectivity index (χ4v) is 4.43. The number of piperazine rings is 1. The van der Waals surface area contributed by atoms with Crippen LogP contribution in [-0.4, -0.2) is 31.6 Å². The van der Waals surface area contributed by atoms with Crippen molar-refractivity contribution in [3.8, 4) is 5.75 Å². The number of ether oxygens (including phenoxy) is 1. The van der Waals surface area contributed by atoms with Crippen molar-refractivity contribution in [3.63, 3.8) is 0 Å². The molecule has 0 saturated carbocycles. The molecular formula is C26H25ClFN3O. The van der Waals surface area contributed by atoms with Crippen LogP contribution in [0.15, 0.2) is 66.7 Å². The highest BCUT2D eigenvalue weighted by atomic mass is 35.5. The Labute approximate surface area is 193 Å². The number of benzene rings is 3. The maximum absolute atomic E-state index is 15.0. The minimum atomic E-state index is -0.292. The number of anilines is 1. The van der Waals surface area contributed by atoms with Gasteiger partial charge in [0.1, 0.15) is 11.6 Å². The zero-order valence-corrected chi connectivity index (χ0v) is 18.9. The Morgan fingerprint density at radius 3 is 2.41 bits per heavy atom. The van der Waals surface area contributed by atoms with E-state index < -0.39 is 0 Å². The Balaban J connectivity index is 1.64. The molecule has 0 aliphatic carbocycles. The minimum absolute atomic E-state index is 0.0334. The Morgan fingerprint density at radius 2 is 1.78 bits per heavy atom. The van der Waals surface area contributed by atoms with E-state index in [1.54, 1.807) is 12.1 Å². The van der Waals surface area contributed by atoms with E-state index in [4.69, 9.17) is 22.9 Å². The molecule has 0 N–H and O–H groups in total. The van der Waals surface area contributed by atoms with E-state index >= 15 is 0 Å². The van der Waals surface area contributed by atoms with Gasteiger partial charge in [0.05, 0.1) is 25.4 Å². The molecular weight excluding hydrogens is 425 g/mol. The predicted molar refractivity (Wildman–Crippen MR) is 127 cm³/mol. The van der Waals surface area contributed by atoms with Gasteiger partial charge in [-0.1, -0.05) is 48.0 Å². The molecule has 0 radical (unpaired) electrons. The summed E-state index contributed by atoms with van der Waals surface area (Å²) in [7, 11) is 1.54. The van der Waals surface area contributed by atoms with Gasteiger partial charge in [0.15, 0.2) is 5.69 Å². The fourth-order valence-electron chi connectivity index (χ4n) is 4.30. The number of methoxy groups -OCH3 is 1. The van der Waals surface area contributed by atoms with Gasteiger partial charge in [-0.15, -0.1) is 0 Å². The van der Waals surface area contributed by atoms with Crippen LogP contribution in [0.3, 0.4) is 0 Å². The first-order valence-corrected chi connectivity index (χ1v) is 10.9. The highest BCUT2D eigenvalue weighted by Crippen LogP contribution is 2.36. The van der Waals surface area contributed by atoms with Gasteiger partial charge in [-0.25, -0.2) is 9.24 Å². The van der Waals surface area contributed by atoms with E-state index in [1.165, 1.54) is 13.2 Å². The first kappa shape index (κ1) is 22.1. The summed E-state index contributed by atoms with van der Waals surface area (Å²) in [6, 6.07) is 20.7. The molecule has 3 aromatic carbocycles. The lowest BCUT2D eigenvalue weighted by Gasteiger charge is -2.45. The van der Waals surface area contributed by atoms with Crippen LogP contribution in [0, 0.1) is 12.4 Å². The van der Waals surface area contributed by atoms with Gasteiger partial charge in [-0.2, -0.15) is 0 Å². The smallest absolute Gasteiger partial charge is 0.187 e. The van der Waals surface area contributed by atoms with E-state index in [0.717, 1.165) is 24.2 Å². The van der Waals surface area contributed by atoms with E-state index in [1.807, 2.05) is 48.5 Å². The zero-order chi connectivity index (χ0) is 22.7. The lowest BCUT2D eigenvalue weighted by Crippen LogP contribution is -2.49. The van der Waals surface area contributed by atoms with Crippen LogP contribution in [-0.2, 0) is 0 Å².